The number of amides is 1. The number of fused-ring (bicyclic) bond motifs is 1. The van der Waals surface area contributed by atoms with E-state index >= 15 is 0 Å². The molecule has 5 rings (SSSR count). The van der Waals surface area contributed by atoms with Crippen LogP contribution in [0.15, 0.2) is 70.1 Å². The van der Waals surface area contributed by atoms with Crippen LogP contribution in [0.2, 0.25) is 0 Å². The van der Waals surface area contributed by atoms with Gasteiger partial charge in [-0.3, -0.25) is 9.78 Å². The van der Waals surface area contributed by atoms with Gasteiger partial charge in [0.15, 0.2) is 5.65 Å². The van der Waals surface area contributed by atoms with E-state index in [0.29, 0.717) is 41.1 Å². The van der Waals surface area contributed by atoms with Crippen molar-refractivity contribution in [1.29, 1.82) is 0 Å². The van der Waals surface area contributed by atoms with Crippen LogP contribution < -0.4 is 0 Å². The summed E-state index contributed by atoms with van der Waals surface area (Å²) in [7, 11) is 0. The van der Waals surface area contributed by atoms with Gasteiger partial charge in [0.05, 0.1) is 35.6 Å². The van der Waals surface area contributed by atoms with Crippen molar-refractivity contribution < 1.29 is 13.6 Å². The highest BCUT2D eigenvalue weighted by atomic mass is 16.3. The monoisotopic (exact) mass is 469 g/mol. The minimum absolute atomic E-state index is 0.0833. The van der Waals surface area contributed by atoms with Crippen LogP contribution in [0.4, 0.5) is 0 Å². The molecule has 5 heterocycles. The van der Waals surface area contributed by atoms with Gasteiger partial charge in [-0.05, 0) is 63.6 Å². The van der Waals surface area contributed by atoms with E-state index in [4.69, 9.17) is 13.8 Å². The van der Waals surface area contributed by atoms with Gasteiger partial charge >= 0.3 is 0 Å². The summed E-state index contributed by atoms with van der Waals surface area (Å²) in [5, 5.41) is 5.26. The number of furan rings is 2. The lowest BCUT2D eigenvalue weighted by molar-refractivity contribution is 0.0719. The van der Waals surface area contributed by atoms with Crippen molar-refractivity contribution in [1.82, 2.24) is 24.6 Å². The molecule has 178 valence electrons. The SMILES string of the molecule is Cc1cc(-c2cc(C(=O)N(Cc3cccnc3)Cc3ccco3)c3cnn(C(C)C)c3n2)c(C)o1. The number of carbonyl (C=O) groups is 1. The highest BCUT2D eigenvalue weighted by Gasteiger charge is 2.25. The standard InChI is InChI=1S/C27H27N5O3/c1-17(2)32-26-24(14-29-32)23(12-25(30-26)22-11-18(3)35-19(22)4)27(33)31(16-21-8-6-10-34-21)15-20-7-5-9-28-13-20/h5-14,17H,15-16H2,1-4H3. The summed E-state index contributed by atoms with van der Waals surface area (Å²) in [6.45, 7) is 8.60. The van der Waals surface area contributed by atoms with E-state index < -0.39 is 0 Å². The Bertz CT molecular complexity index is 1470. The molecule has 0 saturated heterocycles. The lowest BCUT2D eigenvalue weighted by Crippen LogP contribution is -2.30. The van der Waals surface area contributed by atoms with Crippen molar-refractivity contribution >= 4 is 16.9 Å². The van der Waals surface area contributed by atoms with Gasteiger partial charge in [0.25, 0.3) is 5.91 Å². The molecule has 0 aliphatic carbocycles. The van der Waals surface area contributed by atoms with E-state index in [1.807, 2.05) is 68.8 Å². The molecular formula is C27H27N5O3. The normalized spacial score (nSPS) is 11.5. The van der Waals surface area contributed by atoms with Crippen molar-refractivity contribution in [2.24, 2.45) is 0 Å². The van der Waals surface area contributed by atoms with Crippen molar-refractivity contribution in [3.63, 3.8) is 0 Å². The van der Waals surface area contributed by atoms with Gasteiger partial charge in [0.1, 0.15) is 17.3 Å². The summed E-state index contributed by atoms with van der Waals surface area (Å²) >= 11 is 0. The molecule has 8 heteroatoms. The van der Waals surface area contributed by atoms with E-state index in [1.165, 1.54) is 0 Å². The van der Waals surface area contributed by atoms with E-state index in [1.54, 1.807) is 29.8 Å². The lowest BCUT2D eigenvalue weighted by Gasteiger charge is -2.22. The minimum Gasteiger partial charge on any atom is -0.467 e. The fourth-order valence-corrected chi connectivity index (χ4v) is 4.27. The molecule has 0 spiro atoms. The van der Waals surface area contributed by atoms with Crippen LogP contribution in [0.5, 0.6) is 0 Å². The zero-order valence-electron chi connectivity index (χ0n) is 20.2. The Balaban J connectivity index is 1.65. The average molecular weight is 470 g/mol. The Morgan fingerprint density at radius 2 is 1.97 bits per heavy atom. The number of nitrogens with zero attached hydrogens (tertiary/aromatic N) is 5. The third-order valence-electron chi connectivity index (χ3n) is 5.91. The van der Waals surface area contributed by atoms with E-state index in [2.05, 4.69) is 10.1 Å². The number of pyridine rings is 2. The second-order valence-electron chi connectivity index (χ2n) is 8.90. The molecule has 0 aromatic carbocycles. The summed E-state index contributed by atoms with van der Waals surface area (Å²) in [5.41, 5.74) is 3.66. The largest absolute Gasteiger partial charge is 0.467 e. The first kappa shape index (κ1) is 22.6. The van der Waals surface area contributed by atoms with Gasteiger partial charge in [-0.2, -0.15) is 5.10 Å². The van der Waals surface area contributed by atoms with Crippen LogP contribution in [0, 0.1) is 13.8 Å². The Morgan fingerprint density at radius 1 is 1.11 bits per heavy atom. The van der Waals surface area contributed by atoms with E-state index in [0.717, 1.165) is 22.6 Å². The smallest absolute Gasteiger partial charge is 0.255 e. The molecule has 0 aliphatic rings. The quantitative estimate of drug-likeness (QED) is 0.303. The van der Waals surface area contributed by atoms with Crippen LogP contribution in [0.3, 0.4) is 0 Å². The molecule has 0 radical (unpaired) electrons. The Hall–Kier alpha value is -4.20. The van der Waals surface area contributed by atoms with Gasteiger partial charge in [0.2, 0.25) is 0 Å². The molecule has 0 aliphatic heterocycles. The third kappa shape index (κ3) is 4.47. The van der Waals surface area contributed by atoms with Gasteiger partial charge in [-0.25, -0.2) is 9.67 Å². The van der Waals surface area contributed by atoms with Gasteiger partial charge in [-0.1, -0.05) is 6.07 Å². The fourth-order valence-electron chi connectivity index (χ4n) is 4.27. The number of rotatable bonds is 7. The van der Waals surface area contributed by atoms with Crippen molar-refractivity contribution in [2.75, 3.05) is 0 Å². The molecule has 5 aromatic rings. The predicted molar refractivity (Wildman–Crippen MR) is 132 cm³/mol. The maximum atomic E-state index is 14.1. The first-order chi connectivity index (χ1) is 16.9. The van der Waals surface area contributed by atoms with Crippen LogP contribution in [-0.2, 0) is 13.1 Å². The van der Waals surface area contributed by atoms with Gasteiger partial charge in [0, 0.05) is 30.5 Å². The summed E-state index contributed by atoms with van der Waals surface area (Å²) in [6, 6.07) is 11.4. The number of carbonyl (C=O) groups excluding carboxylic acids is 1. The predicted octanol–water partition coefficient (Wildman–Crippen LogP) is 5.72. The van der Waals surface area contributed by atoms with Gasteiger partial charge < -0.3 is 13.7 Å². The molecule has 5 aromatic heterocycles. The molecule has 35 heavy (non-hydrogen) atoms. The third-order valence-corrected chi connectivity index (χ3v) is 5.91. The molecule has 8 nitrogen and oxygen atoms in total. The van der Waals surface area contributed by atoms with Crippen molar-refractivity contribution in [3.8, 4) is 11.3 Å². The summed E-state index contributed by atoms with van der Waals surface area (Å²) in [6.07, 6.45) is 6.82. The van der Waals surface area contributed by atoms with E-state index in [-0.39, 0.29) is 11.9 Å². The van der Waals surface area contributed by atoms with E-state index in [9.17, 15) is 4.79 Å². The first-order valence-electron chi connectivity index (χ1n) is 11.6. The maximum absolute atomic E-state index is 14.1. The summed E-state index contributed by atoms with van der Waals surface area (Å²) < 4.78 is 13.2. The number of aryl methyl sites for hydroxylation is 2. The second kappa shape index (κ2) is 9.21. The van der Waals surface area contributed by atoms with Gasteiger partial charge in [-0.15, -0.1) is 0 Å². The highest BCUT2D eigenvalue weighted by molar-refractivity contribution is 6.06. The number of hydrogen-bond donors (Lipinski definition) is 0. The van der Waals surface area contributed by atoms with Crippen molar-refractivity contribution in [2.45, 2.75) is 46.8 Å². The summed E-state index contributed by atoms with van der Waals surface area (Å²) in [5.74, 6) is 2.11. The minimum atomic E-state index is -0.139. The fraction of sp³-hybridized carbons (Fsp3) is 0.259. The Labute approximate surface area is 203 Å². The first-order valence-corrected chi connectivity index (χ1v) is 11.6. The van der Waals surface area contributed by atoms with Crippen LogP contribution in [0.25, 0.3) is 22.3 Å². The van der Waals surface area contributed by atoms with Crippen LogP contribution in [0.1, 0.15) is 53.1 Å². The average Bonchev–Trinajstić information content (AvgIpc) is 3.58. The molecule has 0 N–H and O–H groups in total. The second-order valence-corrected chi connectivity index (χ2v) is 8.90. The molecular weight excluding hydrogens is 442 g/mol. The zero-order chi connectivity index (χ0) is 24.5. The Morgan fingerprint density at radius 3 is 2.63 bits per heavy atom. The van der Waals surface area contributed by atoms with Crippen molar-refractivity contribution in [3.05, 3.63) is 89.7 Å². The number of hydrogen-bond acceptors (Lipinski definition) is 6. The highest BCUT2D eigenvalue weighted by Crippen LogP contribution is 2.31. The molecule has 0 bridgehead atoms. The lowest BCUT2D eigenvalue weighted by atomic mass is 10.1. The van der Waals surface area contributed by atoms with Crippen LogP contribution in [-0.4, -0.2) is 30.6 Å². The topological polar surface area (TPSA) is 90.2 Å². The molecule has 0 fully saturated rings. The van der Waals surface area contributed by atoms with Crippen LogP contribution >= 0.6 is 0 Å². The summed E-state index contributed by atoms with van der Waals surface area (Å²) in [4.78, 5) is 25.0. The maximum Gasteiger partial charge on any atom is 0.255 e. The molecule has 0 atom stereocenters. The molecule has 0 unspecified atom stereocenters. The Kier molecular flexibility index (Phi) is 5.94. The zero-order valence-corrected chi connectivity index (χ0v) is 20.2. The molecule has 1 amide bonds. The molecule has 0 saturated carbocycles. The number of aromatic nitrogens is 4.